The highest BCUT2D eigenvalue weighted by atomic mass is 16.5. The number of nitrogens with zero attached hydrogens (tertiary/aromatic N) is 1. The van der Waals surface area contributed by atoms with Gasteiger partial charge in [0.05, 0.1) is 12.0 Å². The molecule has 1 aliphatic rings. The number of amides is 1. The first-order chi connectivity index (χ1) is 10.6. The first kappa shape index (κ1) is 16.5. The molecule has 120 valence electrons. The third-order valence-electron chi connectivity index (χ3n) is 4.08. The van der Waals surface area contributed by atoms with Gasteiger partial charge in [0.1, 0.15) is 6.54 Å². The molecule has 0 saturated carbocycles. The molecule has 1 heterocycles. The van der Waals surface area contributed by atoms with Crippen LogP contribution in [0, 0.1) is 5.92 Å². The molecule has 0 spiro atoms. The standard InChI is InChI=1S/C17H23NO4/c1-13-15(8-5-11-22-13)17(21)18(12-16(19)20)10-9-14-6-3-2-4-7-14/h2-4,6-7,13,15H,5,8-12H2,1H3,(H,19,20). The molecule has 1 N–H and O–H groups in total. The molecule has 0 aliphatic carbocycles. The van der Waals surface area contributed by atoms with E-state index in [-0.39, 0.29) is 24.5 Å². The van der Waals surface area contributed by atoms with Crippen molar-refractivity contribution in [2.45, 2.75) is 32.3 Å². The van der Waals surface area contributed by atoms with Gasteiger partial charge in [-0.25, -0.2) is 0 Å². The lowest BCUT2D eigenvalue weighted by Gasteiger charge is -2.32. The van der Waals surface area contributed by atoms with E-state index in [1.807, 2.05) is 37.3 Å². The highest BCUT2D eigenvalue weighted by Gasteiger charge is 2.32. The van der Waals surface area contributed by atoms with Gasteiger partial charge in [-0.2, -0.15) is 0 Å². The summed E-state index contributed by atoms with van der Waals surface area (Å²) in [4.78, 5) is 25.2. The van der Waals surface area contributed by atoms with Crippen LogP contribution in [0.4, 0.5) is 0 Å². The van der Waals surface area contributed by atoms with Gasteiger partial charge in [-0.1, -0.05) is 30.3 Å². The van der Waals surface area contributed by atoms with Crippen molar-refractivity contribution < 1.29 is 19.4 Å². The molecule has 1 aliphatic heterocycles. The minimum atomic E-state index is -0.981. The van der Waals surface area contributed by atoms with E-state index in [2.05, 4.69) is 0 Å². The van der Waals surface area contributed by atoms with Crippen molar-refractivity contribution in [1.82, 2.24) is 4.90 Å². The van der Waals surface area contributed by atoms with Gasteiger partial charge in [0.25, 0.3) is 0 Å². The molecule has 5 heteroatoms. The number of hydrogen-bond donors (Lipinski definition) is 1. The van der Waals surface area contributed by atoms with Crippen LogP contribution in [-0.2, 0) is 20.7 Å². The van der Waals surface area contributed by atoms with Gasteiger partial charge in [-0.3, -0.25) is 9.59 Å². The largest absolute Gasteiger partial charge is 0.480 e. The quantitative estimate of drug-likeness (QED) is 0.872. The second-order valence-corrected chi connectivity index (χ2v) is 5.71. The first-order valence-electron chi connectivity index (χ1n) is 7.74. The van der Waals surface area contributed by atoms with E-state index in [4.69, 9.17) is 9.84 Å². The fourth-order valence-electron chi connectivity index (χ4n) is 2.82. The minimum absolute atomic E-state index is 0.106. The Bertz CT molecular complexity index is 503. The van der Waals surface area contributed by atoms with E-state index in [1.165, 1.54) is 4.90 Å². The number of hydrogen-bond acceptors (Lipinski definition) is 3. The van der Waals surface area contributed by atoms with Gasteiger partial charge < -0.3 is 14.7 Å². The molecule has 1 aromatic carbocycles. The Balaban J connectivity index is 2.01. The summed E-state index contributed by atoms with van der Waals surface area (Å²) in [5, 5.41) is 9.07. The summed E-state index contributed by atoms with van der Waals surface area (Å²) in [6.07, 6.45) is 2.12. The van der Waals surface area contributed by atoms with E-state index >= 15 is 0 Å². The molecular formula is C17H23NO4. The summed E-state index contributed by atoms with van der Waals surface area (Å²) >= 11 is 0. The summed E-state index contributed by atoms with van der Waals surface area (Å²) in [7, 11) is 0. The Morgan fingerprint density at radius 3 is 2.68 bits per heavy atom. The second-order valence-electron chi connectivity index (χ2n) is 5.71. The molecular weight excluding hydrogens is 282 g/mol. The Hall–Kier alpha value is -1.88. The summed E-state index contributed by atoms with van der Waals surface area (Å²) in [6, 6.07) is 9.78. The van der Waals surface area contributed by atoms with Gasteiger partial charge in [0, 0.05) is 13.2 Å². The Morgan fingerprint density at radius 1 is 1.32 bits per heavy atom. The normalized spacial score (nSPS) is 21.3. The molecule has 0 radical (unpaired) electrons. The van der Waals surface area contributed by atoms with Crippen molar-refractivity contribution >= 4 is 11.9 Å². The monoisotopic (exact) mass is 305 g/mol. The van der Waals surface area contributed by atoms with Crippen LogP contribution in [0.2, 0.25) is 0 Å². The van der Waals surface area contributed by atoms with Crippen molar-refractivity contribution in [2.75, 3.05) is 19.7 Å². The van der Waals surface area contributed by atoms with Crippen LogP contribution in [0.25, 0.3) is 0 Å². The lowest BCUT2D eigenvalue weighted by atomic mass is 9.93. The summed E-state index contributed by atoms with van der Waals surface area (Å²) in [6.45, 7) is 2.72. The van der Waals surface area contributed by atoms with E-state index in [1.54, 1.807) is 0 Å². The Kier molecular flexibility index (Phi) is 5.95. The molecule has 1 saturated heterocycles. The third-order valence-corrected chi connectivity index (χ3v) is 4.08. The summed E-state index contributed by atoms with van der Waals surface area (Å²) in [5.74, 6) is -1.32. The number of ether oxygens (including phenoxy) is 1. The zero-order valence-electron chi connectivity index (χ0n) is 12.9. The topological polar surface area (TPSA) is 66.8 Å². The number of benzene rings is 1. The number of aliphatic carboxylic acids is 1. The molecule has 0 aromatic heterocycles. The van der Waals surface area contributed by atoms with E-state index in [0.717, 1.165) is 18.4 Å². The van der Waals surface area contributed by atoms with Crippen LogP contribution in [-0.4, -0.2) is 47.7 Å². The van der Waals surface area contributed by atoms with Crippen LogP contribution in [0.1, 0.15) is 25.3 Å². The van der Waals surface area contributed by atoms with Crippen molar-refractivity contribution in [3.63, 3.8) is 0 Å². The smallest absolute Gasteiger partial charge is 0.323 e. The summed E-state index contributed by atoms with van der Waals surface area (Å²) in [5.41, 5.74) is 1.10. The maximum atomic E-state index is 12.6. The number of carboxylic acid groups (broad SMARTS) is 1. The molecule has 1 aromatic rings. The van der Waals surface area contributed by atoms with Gasteiger partial charge in [0.2, 0.25) is 5.91 Å². The highest BCUT2D eigenvalue weighted by molar-refractivity contribution is 5.83. The summed E-state index contributed by atoms with van der Waals surface area (Å²) < 4.78 is 5.53. The van der Waals surface area contributed by atoms with E-state index in [0.29, 0.717) is 19.6 Å². The molecule has 22 heavy (non-hydrogen) atoms. The van der Waals surface area contributed by atoms with Crippen molar-refractivity contribution in [2.24, 2.45) is 5.92 Å². The van der Waals surface area contributed by atoms with Gasteiger partial charge in [-0.05, 0) is 31.7 Å². The molecule has 2 atom stereocenters. The molecule has 2 rings (SSSR count). The Morgan fingerprint density at radius 2 is 2.05 bits per heavy atom. The predicted molar refractivity (Wildman–Crippen MR) is 82.5 cm³/mol. The number of carboxylic acids is 1. The zero-order chi connectivity index (χ0) is 15.9. The molecule has 2 unspecified atom stereocenters. The number of carbonyl (C=O) groups excluding carboxylic acids is 1. The van der Waals surface area contributed by atoms with Gasteiger partial charge in [-0.15, -0.1) is 0 Å². The van der Waals surface area contributed by atoms with Gasteiger partial charge in [0.15, 0.2) is 0 Å². The predicted octanol–water partition coefficient (Wildman–Crippen LogP) is 1.96. The van der Waals surface area contributed by atoms with E-state index in [9.17, 15) is 9.59 Å². The maximum Gasteiger partial charge on any atom is 0.323 e. The van der Waals surface area contributed by atoms with Crippen molar-refractivity contribution in [3.05, 3.63) is 35.9 Å². The number of rotatable bonds is 6. The fraction of sp³-hybridized carbons (Fsp3) is 0.529. The Labute approximate surface area is 130 Å². The second kappa shape index (κ2) is 7.94. The SMILES string of the molecule is CC1OCCCC1C(=O)N(CCc1ccccc1)CC(=O)O. The van der Waals surface area contributed by atoms with Crippen LogP contribution in [0.15, 0.2) is 30.3 Å². The molecule has 0 bridgehead atoms. The van der Waals surface area contributed by atoms with Gasteiger partial charge >= 0.3 is 5.97 Å². The average molecular weight is 305 g/mol. The molecule has 1 amide bonds. The third kappa shape index (κ3) is 4.56. The number of carbonyl (C=O) groups is 2. The maximum absolute atomic E-state index is 12.6. The minimum Gasteiger partial charge on any atom is -0.480 e. The molecule has 5 nitrogen and oxygen atoms in total. The average Bonchev–Trinajstić information content (AvgIpc) is 2.52. The lowest BCUT2D eigenvalue weighted by Crippen LogP contribution is -2.45. The first-order valence-corrected chi connectivity index (χ1v) is 7.74. The van der Waals surface area contributed by atoms with Crippen LogP contribution in [0.5, 0.6) is 0 Å². The highest BCUT2D eigenvalue weighted by Crippen LogP contribution is 2.23. The lowest BCUT2D eigenvalue weighted by molar-refractivity contribution is -0.151. The van der Waals surface area contributed by atoms with Crippen molar-refractivity contribution in [3.8, 4) is 0 Å². The fourth-order valence-corrected chi connectivity index (χ4v) is 2.82. The van der Waals surface area contributed by atoms with Crippen LogP contribution in [0.3, 0.4) is 0 Å². The zero-order valence-corrected chi connectivity index (χ0v) is 12.9. The van der Waals surface area contributed by atoms with Crippen LogP contribution < -0.4 is 0 Å². The van der Waals surface area contributed by atoms with E-state index < -0.39 is 5.97 Å². The van der Waals surface area contributed by atoms with Crippen molar-refractivity contribution in [1.29, 1.82) is 0 Å². The molecule has 1 fully saturated rings. The van der Waals surface area contributed by atoms with Crippen LogP contribution >= 0.6 is 0 Å².